The minimum Gasteiger partial charge on any atom is -0.473 e. The molecule has 0 radical (unpaired) electrons. The van der Waals surface area contributed by atoms with Crippen molar-refractivity contribution in [2.45, 2.75) is 18.6 Å². The van der Waals surface area contributed by atoms with Crippen LogP contribution in [0.15, 0.2) is 28.6 Å². The lowest BCUT2D eigenvalue weighted by Gasteiger charge is -2.09. The Bertz CT molecular complexity index is 866. The second kappa shape index (κ2) is 8.52. The van der Waals surface area contributed by atoms with Crippen LogP contribution in [-0.2, 0) is 13.2 Å². The van der Waals surface area contributed by atoms with Crippen molar-refractivity contribution < 1.29 is 35.8 Å². The number of ether oxygens (including phenoxy) is 2. The predicted octanol–water partition coefficient (Wildman–Crippen LogP) is 5.65. The van der Waals surface area contributed by atoms with Crippen LogP contribution in [0, 0.1) is 6.92 Å². The molecule has 0 amide bonds. The number of aromatic nitrogens is 3. The first-order chi connectivity index (χ1) is 12.8. The number of hydrogen-bond donors (Lipinski definition) is 0. The lowest BCUT2D eigenvalue weighted by Crippen LogP contribution is -2.06. The summed E-state index contributed by atoms with van der Waals surface area (Å²) in [5, 5.41) is 3.31. The molecular weight excluding hydrogens is 436 g/mol. The number of pyridine rings is 1. The van der Waals surface area contributed by atoms with Gasteiger partial charge in [0.15, 0.2) is 5.69 Å². The zero-order chi connectivity index (χ0) is 21.1. The van der Waals surface area contributed by atoms with Crippen molar-refractivity contribution >= 4 is 23.4 Å². The molecule has 0 aromatic carbocycles. The van der Waals surface area contributed by atoms with E-state index in [0.717, 1.165) is 10.8 Å². The van der Waals surface area contributed by atoms with Crippen molar-refractivity contribution in [3.05, 3.63) is 39.9 Å². The molecule has 13 heteroatoms. The molecule has 0 bridgehead atoms. The van der Waals surface area contributed by atoms with Crippen molar-refractivity contribution in [3.63, 3.8) is 0 Å². The van der Waals surface area contributed by atoms with Crippen LogP contribution < -0.4 is 9.47 Å². The summed E-state index contributed by atoms with van der Waals surface area (Å²) in [6.07, 6.45) is -3.63. The van der Waals surface area contributed by atoms with Crippen LogP contribution in [0.25, 0.3) is 0 Å². The fraction of sp³-hybridized carbons (Fsp3) is 0.333. The Kier molecular flexibility index (Phi) is 6.75. The molecule has 0 aliphatic carbocycles. The number of thioether (sulfide) groups is 1. The summed E-state index contributed by atoms with van der Waals surface area (Å²) in [6.45, 7) is 1.34. The third kappa shape index (κ3) is 6.82. The highest BCUT2D eigenvalue weighted by Crippen LogP contribution is 2.38. The summed E-state index contributed by atoms with van der Waals surface area (Å²) in [6, 6.07) is 3.62. The standard InChI is InChI=1S/C15H12ClF6N3O2S/c1-8-5-11(26-4-3-10(16)28-15(20,21)22)23-12(6-8)27-13-7-9(14(17,18)19)24-25(13)2/h3,5-7H,4H2,1-2H3/b10-3+. The first kappa shape index (κ1) is 22.2. The molecule has 0 saturated carbocycles. The van der Waals surface area contributed by atoms with Crippen LogP contribution in [0.5, 0.6) is 17.6 Å². The molecule has 0 N–H and O–H groups in total. The van der Waals surface area contributed by atoms with E-state index in [0.29, 0.717) is 11.6 Å². The Morgan fingerprint density at radius 2 is 1.82 bits per heavy atom. The lowest BCUT2D eigenvalue weighted by molar-refractivity contribution is -0.141. The van der Waals surface area contributed by atoms with Crippen LogP contribution in [0.1, 0.15) is 11.3 Å². The summed E-state index contributed by atoms with van der Waals surface area (Å²) < 4.78 is 85.5. The molecule has 0 spiro atoms. The molecule has 0 aliphatic rings. The highest BCUT2D eigenvalue weighted by Gasteiger charge is 2.35. The van der Waals surface area contributed by atoms with Crippen molar-refractivity contribution in [1.82, 2.24) is 14.8 Å². The number of hydrogen-bond acceptors (Lipinski definition) is 5. The van der Waals surface area contributed by atoms with E-state index in [1.165, 1.54) is 19.2 Å². The maximum Gasteiger partial charge on any atom is 0.447 e. The van der Waals surface area contributed by atoms with Gasteiger partial charge in [-0.1, -0.05) is 11.6 Å². The van der Waals surface area contributed by atoms with Crippen LogP contribution in [0.4, 0.5) is 26.3 Å². The maximum absolute atomic E-state index is 12.7. The van der Waals surface area contributed by atoms with E-state index >= 15 is 0 Å². The van der Waals surface area contributed by atoms with E-state index < -0.39 is 33.5 Å². The van der Waals surface area contributed by atoms with Gasteiger partial charge in [-0.25, -0.2) is 4.68 Å². The Labute approximate surface area is 164 Å². The normalized spacial score (nSPS) is 13.0. The Morgan fingerprint density at radius 1 is 1.18 bits per heavy atom. The molecule has 0 unspecified atom stereocenters. The lowest BCUT2D eigenvalue weighted by atomic mass is 10.3. The van der Waals surface area contributed by atoms with Crippen molar-refractivity contribution in [2.75, 3.05) is 6.61 Å². The molecule has 0 fully saturated rings. The SMILES string of the molecule is Cc1cc(OC/C=C(\Cl)SC(F)(F)F)nc(Oc2cc(C(F)(F)F)nn2C)c1. The second-order valence-corrected chi connectivity index (χ2v) is 7.02. The van der Waals surface area contributed by atoms with Crippen LogP contribution in [0.2, 0.25) is 0 Å². The molecule has 2 aromatic heterocycles. The number of nitrogens with zero attached hydrogens (tertiary/aromatic N) is 3. The Morgan fingerprint density at radius 3 is 2.39 bits per heavy atom. The van der Waals surface area contributed by atoms with Crippen LogP contribution >= 0.6 is 23.4 Å². The van der Waals surface area contributed by atoms with Gasteiger partial charge in [0.05, 0.1) is 4.36 Å². The third-order valence-corrected chi connectivity index (χ3v) is 3.93. The van der Waals surface area contributed by atoms with Crippen molar-refractivity contribution in [2.24, 2.45) is 7.05 Å². The number of alkyl halides is 6. The van der Waals surface area contributed by atoms with Gasteiger partial charge in [-0.15, -0.1) is 0 Å². The molecule has 28 heavy (non-hydrogen) atoms. The molecule has 154 valence electrons. The largest absolute Gasteiger partial charge is 0.473 e. The van der Waals surface area contributed by atoms with Gasteiger partial charge in [0, 0.05) is 25.2 Å². The molecule has 5 nitrogen and oxygen atoms in total. The zero-order valence-corrected chi connectivity index (χ0v) is 15.8. The molecular formula is C15H12ClF6N3O2S. The fourth-order valence-electron chi connectivity index (χ4n) is 1.87. The quantitative estimate of drug-likeness (QED) is 0.536. The van der Waals surface area contributed by atoms with E-state index in [9.17, 15) is 26.3 Å². The topological polar surface area (TPSA) is 49.2 Å². The van der Waals surface area contributed by atoms with Crippen molar-refractivity contribution in [1.29, 1.82) is 0 Å². The number of rotatable bonds is 6. The van der Waals surface area contributed by atoms with E-state index in [-0.39, 0.29) is 24.2 Å². The summed E-state index contributed by atoms with van der Waals surface area (Å²) >= 11 is 4.94. The van der Waals surface area contributed by atoms with E-state index in [4.69, 9.17) is 21.1 Å². The van der Waals surface area contributed by atoms with Gasteiger partial charge < -0.3 is 9.47 Å². The summed E-state index contributed by atoms with van der Waals surface area (Å²) in [4.78, 5) is 3.94. The Hall–Kier alpha value is -2.08. The van der Waals surface area contributed by atoms with Gasteiger partial charge in [-0.3, -0.25) is 0 Å². The average Bonchev–Trinajstić information content (AvgIpc) is 2.86. The molecule has 2 heterocycles. The zero-order valence-electron chi connectivity index (χ0n) is 14.2. The monoisotopic (exact) mass is 447 g/mol. The number of halogens is 7. The molecule has 0 atom stereocenters. The maximum atomic E-state index is 12.7. The van der Waals surface area contributed by atoms with Gasteiger partial charge in [-0.05, 0) is 30.3 Å². The number of aryl methyl sites for hydroxylation is 2. The minimum atomic E-state index is -4.63. The minimum absolute atomic E-state index is 0.00839. The first-order valence-corrected chi connectivity index (χ1v) is 8.55. The van der Waals surface area contributed by atoms with Gasteiger partial charge in [-0.2, -0.15) is 36.4 Å². The Balaban J connectivity index is 2.09. The van der Waals surface area contributed by atoms with Crippen LogP contribution in [0.3, 0.4) is 0 Å². The highest BCUT2D eigenvalue weighted by atomic mass is 35.5. The van der Waals surface area contributed by atoms with Crippen LogP contribution in [-0.4, -0.2) is 26.9 Å². The second-order valence-electron chi connectivity index (χ2n) is 5.28. The molecule has 0 aliphatic heterocycles. The highest BCUT2D eigenvalue weighted by molar-refractivity contribution is 8.05. The van der Waals surface area contributed by atoms with E-state index in [1.54, 1.807) is 6.92 Å². The smallest absolute Gasteiger partial charge is 0.447 e. The first-order valence-electron chi connectivity index (χ1n) is 7.35. The van der Waals surface area contributed by atoms with E-state index in [2.05, 4.69) is 10.1 Å². The van der Waals surface area contributed by atoms with E-state index in [1.807, 2.05) is 0 Å². The molecule has 2 aromatic rings. The van der Waals surface area contributed by atoms with Crippen molar-refractivity contribution in [3.8, 4) is 17.6 Å². The van der Waals surface area contributed by atoms with Gasteiger partial charge >= 0.3 is 11.7 Å². The summed E-state index contributed by atoms with van der Waals surface area (Å²) in [5.74, 6) is -0.293. The molecule has 2 rings (SSSR count). The van der Waals surface area contributed by atoms with Gasteiger partial charge in [0.2, 0.25) is 17.6 Å². The van der Waals surface area contributed by atoms with Gasteiger partial charge in [0.1, 0.15) is 6.61 Å². The summed E-state index contributed by atoms with van der Waals surface area (Å²) in [7, 11) is 1.27. The summed E-state index contributed by atoms with van der Waals surface area (Å²) in [5.41, 5.74) is -5.05. The van der Waals surface area contributed by atoms with Gasteiger partial charge in [0.25, 0.3) is 0 Å². The molecule has 0 saturated heterocycles. The third-order valence-electron chi connectivity index (χ3n) is 2.95. The predicted molar refractivity (Wildman–Crippen MR) is 90.3 cm³/mol. The average molecular weight is 448 g/mol. The fourth-order valence-corrected chi connectivity index (χ4v) is 2.56.